The molecule has 0 saturated heterocycles. The maximum atomic E-state index is 12.4. The molecule has 0 bridgehead atoms. The van der Waals surface area contributed by atoms with Gasteiger partial charge in [-0.05, 0) is 57.3 Å². The molecule has 2 amide bonds. The molecule has 3 aliphatic rings. The summed E-state index contributed by atoms with van der Waals surface area (Å²) in [6.45, 7) is 1.56. The number of aliphatic hydroxyl groups is 1. The standard InChI is InChI=1S/C17H28N2O3/c1-10(20)15(19-16(21)12-7-8-12)17(22)18-14-4-2-3-13(9-14)11-5-6-11/h10-15,20H,2-9H2,1H3,(H,18,22)(H,19,21)/t10-,13+,14+,15-/m0/s1. The molecule has 0 aromatic rings. The minimum absolute atomic E-state index is 0.0444. The molecule has 22 heavy (non-hydrogen) atoms. The van der Waals surface area contributed by atoms with Crippen LogP contribution in [-0.2, 0) is 9.59 Å². The van der Waals surface area contributed by atoms with Gasteiger partial charge in [0.1, 0.15) is 6.04 Å². The Morgan fingerprint density at radius 1 is 1.05 bits per heavy atom. The van der Waals surface area contributed by atoms with E-state index in [2.05, 4.69) is 10.6 Å². The van der Waals surface area contributed by atoms with Gasteiger partial charge in [-0.15, -0.1) is 0 Å². The fraction of sp³-hybridized carbons (Fsp3) is 0.882. The first kappa shape index (κ1) is 15.8. The number of nitrogens with one attached hydrogen (secondary N) is 2. The van der Waals surface area contributed by atoms with E-state index >= 15 is 0 Å². The zero-order valence-electron chi connectivity index (χ0n) is 13.4. The molecular formula is C17H28N2O3. The number of aliphatic hydroxyl groups excluding tert-OH is 1. The normalized spacial score (nSPS) is 31.2. The summed E-state index contributed by atoms with van der Waals surface area (Å²) < 4.78 is 0. The number of carbonyl (C=O) groups excluding carboxylic acids is 2. The Labute approximate surface area is 132 Å². The van der Waals surface area contributed by atoms with E-state index in [1.807, 2.05) is 0 Å². The van der Waals surface area contributed by atoms with E-state index < -0.39 is 12.1 Å². The zero-order valence-corrected chi connectivity index (χ0v) is 13.4. The Morgan fingerprint density at radius 2 is 1.77 bits per heavy atom. The molecule has 5 heteroatoms. The van der Waals surface area contributed by atoms with Crippen LogP contribution in [0.3, 0.4) is 0 Å². The first-order valence-corrected chi connectivity index (χ1v) is 8.83. The molecule has 0 spiro atoms. The summed E-state index contributed by atoms with van der Waals surface area (Å²) >= 11 is 0. The second-order valence-electron chi connectivity index (χ2n) is 7.47. The van der Waals surface area contributed by atoms with Gasteiger partial charge in [-0.1, -0.05) is 12.8 Å². The summed E-state index contributed by atoms with van der Waals surface area (Å²) in [5.74, 6) is 1.35. The van der Waals surface area contributed by atoms with Crippen LogP contribution in [0.5, 0.6) is 0 Å². The van der Waals surface area contributed by atoms with Gasteiger partial charge in [0.05, 0.1) is 6.10 Å². The van der Waals surface area contributed by atoms with E-state index in [0.717, 1.165) is 37.5 Å². The lowest BCUT2D eigenvalue weighted by Crippen LogP contribution is -2.55. The molecular weight excluding hydrogens is 280 g/mol. The lowest BCUT2D eigenvalue weighted by Gasteiger charge is -2.31. The predicted octanol–water partition coefficient (Wildman–Crippen LogP) is 1.35. The van der Waals surface area contributed by atoms with Gasteiger partial charge in [-0.2, -0.15) is 0 Å². The number of hydrogen-bond donors (Lipinski definition) is 3. The van der Waals surface area contributed by atoms with Crippen LogP contribution in [0.2, 0.25) is 0 Å². The van der Waals surface area contributed by atoms with Crippen molar-refractivity contribution in [1.29, 1.82) is 0 Å². The van der Waals surface area contributed by atoms with Gasteiger partial charge in [0, 0.05) is 12.0 Å². The monoisotopic (exact) mass is 308 g/mol. The van der Waals surface area contributed by atoms with E-state index in [-0.39, 0.29) is 23.8 Å². The van der Waals surface area contributed by atoms with Crippen LogP contribution in [0.1, 0.15) is 58.3 Å². The molecule has 124 valence electrons. The fourth-order valence-electron chi connectivity index (χ4n) is 3.67. The SMILES string of the molecule is C[C@H](O)[C@H](NC(=O)C1CC1)C(=O)N[C@@H]1CCC[C@@H](C2CC2)C1. The van der Waals surface area contributed by atoms with Gasteiger partial charge in [0.15, 0.2) is 0 Å². The first-order valence-electron chi connectivity index (χ1n) is 8.83. The molecule has 3 aliphatic carbocycles. The molecule has 3 N–H and O–H groups in total. The molecule has 4 atom stereocenters. The Bertz CT molecular complexity index is 430. The Balaban J connectivity index is 1.52. The molecule has 0 aromatic heterocycles. The van der Waals surface area contributed by atoms with Crippen molar-refractivity contribution in [2.24, 2.45) is 17.8 Å². The van der Waals surface area contributed by atoms with Crippen LogP contribution in [0.15, 0.2) is 0 Å². The van der Waals surface area contributed by atoms with Crippen molar-refractivity contribution in [3.63, 3.8) is 0 Å². The van der Waals surface area contributed by atoms with Crippen molar-refractivity contribution in [2.75, 3.05) is 0 Å². The van der Waals surface area contributed by atoms with Gasteiger partial charge in [0.25, 0.3) is 0 Å². The third-order valence-corrected chi connectivity index (χ3v) is 5.36. The highest BCUT2D eigenvalue weighted by Crippen LogP contribution is 2.43. The maximum Gasteiger partial charge on any atom is 0.245 e. The average molecular weight is 308 g/mol. The van der Waals surface area contributed by atoms with Crippen LogP contribution in [0.25, 0.3) is 0 Å². The van der Waals surface area contributed by atoms with Crippen LogP contribution < -0.4 is 10.6 Å². The molecule has 0 heterocycles. The van der Waals surface area contributed by atoms with E-state index in [0.29, 0.717) is 0 Å². The van der Waals surface area contributed by atoms with Crippen molar-refractivity contribution in [3.05, 3.63) is 0 Å². The largest absolute Gasteiger partial charge is 0.391 e. The van der Waals surface area contributed by atoms with E-state index in [1.54, 1.807) is 6.92 Å². The van der Waals surface area contributed by atoms with Crippen molar-refractivity contribution in [2.45, 2.75) is 76.5 Å². The van der Waals surface area contributed by atoms with E-state index in [4.69, 9.17) is 0 Å². The van der Waals surface area contributed by atoms with E-state index in [1.165, 1.54) is 25.7 Å². The molecule has 3 saturated carbocycles. The highest BCUT2D eigenvalue weighted by atomic mass is 16.3. The Morgan fingerprint density at radius 3 is 2.36 bits per heavy atom. The second-order valence-corrected chi connectivity index (χ2v) is 7.47. The van der Waals surface area contributed by atoms with Gasteiger partial charge in [0.2, 0.25) is 11.8 Å². The topological polar surface area (TPSA) is 78.4 Å². The summed E-state index contributed by atoms with van der Waals surface area (Å²) in [7, 11) is 0. The van der Waals surface area contributed by atoms with Gasteiger partial charge in [-0.3, -0.25) is 9.59 Å². The summed E-state index contributed by atoms with van der Waals surface area (Å²) in [6.07, 6.45) is 8.13. The zero-order chi connectivity index (χ0) is 15.7. The highest BCUT2D eigenvalue weighted by molar-refractivity contribution is 5.89. The predicted molar refractivity (Wildman–Crippen MR) is 82.9 cm³/mol. The average Bonchev–Trinajstić information content (AvgIpc) is 3.37. The van der Waals surface area contributed by atoms with Crippen molar-refractivity contribution in [3.8, 4) is 0 Å². The molecule has 0 radical (unpaired) electrons. The van der Waals surface area contributed by atoms with Gasteiger partial charge < -0.3 is 15.7 Å². The van der Waals surface area contributed by atoms with Crippen LogP contribution >= 0.6 is 0 Å². The third-order valence-electron chi connectivity index (χ3n) is 5.36. The molecule has 3 fully saturated rings. The third kappa shape index (κ3) is 4.00. The minimum Gasteiger partial charge on any atom is -0.391 e. The van der Waals surface area contributed by atoms with Crippen molar-refractivity contribution < 1.29 is 14.7 Å². The number of hydrogen-bond acceptors (Lipinski definition) is 3. The van der Waals surface area contributed by atoms with Crippen molar-refractivity contribution >= 4 is 11.8 Å². The second kappa shape index (κ2) is 6.57. The lowest BCUT2D eigenvalue weighted by molar-refractivity contribution is -0.132. The van der Waals surface area contributed by atoms with Gasteiger partial charge in [-0.25, -0.2) is 0 Å². The number of amides is 2. The Kier molecular flexibility index (Phi) is 4.71. The van der Waals surface area contributed by atoms with Crippen LogP contribution in [0, 0.1) is 17.8 Å². The van der Waals surface area contributed by atoms with Crippen LogP contribution in [-0.4, -0.2) is 35.1 Å². The Hall–Kier alpha value is -1.10. The fourth-order valence-corrected chi connectivity index (χ4v) is 3.67. The smallest absolute Gasteiger partial charge is 0.245 e. The highest BCUT2D eigenvalue weighted by Gasteiger charge is 2.37. The maximum absolute atomic E-state index is 12.4. The molecule has 0 aromatic carbocycles. The summed E-state index contributed by atoms with van der Waals surface area (Å²) in [5.41, 5.74) is 0. The van der Waals surface area contributed by atoms with Crippen molar-refractivity contribution in [1.82, 2.24) is 10.6 Å². The quantitative estimate of drug-likeness (QED) is 0.693. The lowest BCUT2D eigenvalue weighted by atomic mass is 9.82. The number of rotatable bonds is 6. The first-order chi connectivity index (χ1) is 10.5. The summed E-state index contributed by atoms with van der Waals surface area (Å²) in [6, 6.07) is -0.625. The van der Waals surface area contributed by atoms with Crippen LogP contribution in [0.4, 0.5) is 0 Å². The molecule has 0 aliphatic heterocycles. The molecule has 0 unspecified atom stereocenters. The molecule has 5 nitrogen and oxygen atoms in total. The minimum atomic E-state index is -0.870. The van der Waals surface area contributed by atoms with Gasteiger partial charge >= 0.3 is 0 Å². The van der Waals surface area contributed by atoms with E-state index in [9.17, 15) is 14.7 Å². The summed E-state index contributed by atoms with van der Waals surface area (Å²) in [5, 5.41) is 15.6. The molecule has 3 rings (SSSR count). The summed E-state index contributed by atoms with van der Waals surface area (Å²) in [4.78, 5) is 24.3. The number of carbonyl (C=O) groups is 2.